The normalized spacial score (nSPS) is 10.7. The zero-order chi connectivity index (χ0) is 14.5. The lowest BCUT2D eigenvalue weighted by molar-refractivity contribution is 0.487. The monoisotopic (exact) mass is 299 g/mol. The van der Waals surface area contributed by atoms with E-state index in [9.17, 15) is 0 Å². The number of anilines is 1. The fourth-order valence-electron chi connectivity index (χ4n) is 2.08. The molecule has 0 saturated carbocycles. The number of nitrogens with zero attached hydrogens (tertiary/aromatic N) is 2. The molecule has 21 heavy (non-hydrogen) atoms. The molecule has 0 aliphatic heterocycles. The molecule has 2 aromatic heterocycles. The number of aromatic nitrogens is 2. The van der Waals surface area contributed by atoms with Crippen molar-refractivity contribution in [3.05, 3.63) is 66.4 Å². The van der Waals surface area contributed by atoms with Crippen LogP contribution >= 0.6 is 11.8 Å². The van der Waals surface area contributed by atoms with Crippen LogP contribution in [0.5, 0.6) is 0 Å². The maximum absolute atomic E-state index is 5.73. The molecule has 0 amide bonds. The van der Waals surface area contributed by atoms with Gasteiger partial charge in [0.05, 0.1) is 18.0 Å². The van der Waals surface area contributed by atoms with Gasteiger partial charge in [-0.2, -0.15) is 16.9 Å². The van der Waals surface area contributed by atoms with Gasteiger partial charge >= 0.3 is 0 Å². The Morgan fingerprint density at radius 1 is 1.14 bits per heavy atom. The van der Waals surface area contributed by atoms with E-state index in [0.717, 1.165) is 28.6 Å². The Hall–Kier alpha value is -2.14. The van der Waals surface area contributed by atoms with Crippen molar-refractivity contribution in [2.45, 2.75) is 12.3 Å². The highest BCUT2D eigenvalue weighted by molar-refractivity contribution is 7.97. The summed E-state index contributed by atoms with van der Waals surface area (Å²) in [4.78, 5) is 0. The summed E-state index contributed by atoms with van der Waals surface area (Å²) >= 11 is 1.76. The van der Waals surface area contributed by atoms with Crippen molar-refractivity contribution in [2.24, 2.45) is 0 Å². The fraction of sp³-hybridized carbons (Fsp3) is 0.188. The highest BCUT2D eigenvalue weighted by Gasteiger charge is 2.02. The SMILES string of the molecule is CSCc1ccc(CNc2ccc(-n3cccn3)cc2)o1. The van der Waals surface area contributed by atoms with Crippen LogP contribution in [0.2, 0.25) is 0 Å². The molecule has 0 spiro atoms. The zero-order valence-corrected chi connectivity index (χ0v) is 12.6. The van der Waals surface area contributed by atoms with Gasteiger partial charge in [-0.3, -0.25) is 0 Å². The van der Waals surface area contributed by atoms with Crippen molar-refractivity contribution >= 4 is 17.4 Å². The summed E-state index contributed by atoms with van der Waals surface area (Å²) < 4.78 is 7.57. The smallest absolute Gasteiger partial charge is 0.123 e. The number of nitrogens with one attached hydrogen (secondary N) is 1. The van der Waals surface area contributed by atoms with E-state index in [4.69, 9.17) is 4.42 Å². The lowest BCUT2D eigenvalue weighted by Gasteiger charge is -2.06. The molecular weight excluding hydrogens is 282 g/mol. The maximum Gasteiger partial charge on any atom is 0.123 e. The van der Waals surface area contributed by atoms with Gasteiger partial charge in [0.2, 0.25) is 0 Å². The van der Waals surface area contributed by atoms with Crippen molar-refractivity contribution < 1.29 is 4.42 Å². The molecule has 3 rings (SSSR count). The van der Waals surface area contributed by atoms with Gasteiger partial charge in [-0.1, -0.05) is 0 Å². The summed E-state index contributed by atoms with van der Waals surface area (Å²) in [5.41, 5.74) is 2.11. The number of hydrogen-bond donors (Lipinski definition) is 1. The van der Waals surface area contributed by atoms with Gasteiger partial charge in [-0.15, -0.1) is 0 Å². The van der Waals surface area contributed by atoms with Gasteiger partial charge in [-0.05, 0) is 48.7 Å². The largest absolute Gasteiger partial charge is 0.463 e. The standard InChI is InChI=1S/C16H17N3OS/c1-21-12-16-8-7-15(20-16)11-17-13-3-5-14(6-4-13)19-10-2-9-18-19/h2-10,17H,11-12H2,1H3. The molecule has 1 N–H and O–H groups in total. The van der Waals surface area contributed by atoms with E-state index >= 15 is 0 Å². The third-order valence-electron chi connectivity index (χ3n) is 3.11. The Kier molecular flexibility index (Phi) is 4.31. The van der Waals surface area contributed by atoms with Crippen molar-refractivity contribution in [1.82, 2.24) is 9.78 Å². The molecule has 0 radical (unpaired) electrons. The lowest BCUT2D eigenvalue weighted by Crippen LogP contribution is -1.99. The zero-order valence-electron chi connectivity index (χ0n) is 11.8. The van der Waals surface area contributed by atoms with Crippen molar-refractivity contribution in [2.75, 3.05) is 11.6 Å². The number of rotatable bonds is 6. The average molecular weight is 299 g/mol. The van der Waals surface area contributed by atoms with Crippen molar-refractivity contribution in [3.63, 3.8) is 0 Å². The van der Waals surface area contributed by atoms with Crippen LogP contribution in [0.3, 0.4) is 0 Å². The van der Waals surface area contributed by atoms with Crippen LogP contribution in [0.4, 0.5) is 5.69 Å². The molecule has 0 saturated heterocycles. The lowest BCUT2D eigenvalue weighted by atomic mass is 10.3. The van der Waals surface area contributed by atoms with E-state index in [0.29, 0.717) is 6.54 Å². The first-order valence-electron chi connectivity index (χ1n) is 6.75. The first-order chi connectivity index (χ1) is 10.3. The topological polar surface area (TPSA) is 43.0 Å². The molecule has 5 heteroatoms. The van der Waals surface area contributed by atoms with Gasteiger partial charge in [0.25, 0.3) is 0 Å². The van der Waals surface area contributed by atoms with Gasteiger partial charge in [0.1, 0.15) is 11.5 Å². The molecule has 1 aromatic carbocycles. The van der Waals surface area contributed by atoms with E-state index in [-0.39, 0.29) is 0 Å². The van der Waals surface area contributed by atoms with E-state index < -0.39 is 0 Å². The molecular formula is C16H17N3OS. The fourth-order valence-corrected chi connectivity index (χ4v) is 2.52. The third kappa shape index (κ3) is 3.49. The summed E-state index contributed by atoms with van der Waals surface area (Å²) in [6.07, 6.45) is 5.77. The molecule has 3 aromatic rings. The minimum Gasteiger partial charge on any atom is -0.463 e. The molecule has 4 nitrogen and oxygen atoms in total. The van der Waals surface area contributed by atoms with E-state index in [1.165, 1.54) is 0 Å². The number of hydrogen-bond acceptors (Lipinski definition) is 4. The van der Waals surface area contributed by atoms with Crippen LogP contribution in [-0.2, 0) is 12.3 Å². The van der Waals surface area contributed by atoms with Crippen LogP contribution in [0.15, 0.2) is 59.3 Å². The van der Waals surface area contributed by atoms with Gasteiger partial charge in [0, 0.05) is 18.1 Å². The van der Waals surface area contributed by atoms with Crippen LogP contribution < -0.4 is 5.32 Å². The van der Waals surface area contributed by atoms with Crippen LogP contribution in [0, 0.1) is 0 Å². The summed E-state index contributed by atoms with van der Waals surface area (Å²) in [6.45, 7) is 0.690. The summed E-state index contributed by atoms with van der Waals surface area (Å²) in [5.74, 6) is 2.89. The number of thioether (sulfide) groups is 1. The molecule has 2 heterocycles. The molecule has 0 unspecified atom stereocenters. The van der Waals surface area contributed by atoms with Gasteiger partial charge < -0.3 is 9.73 Å². The quantitative estimate of drug-likeness (QED) is 0.748. The van der Waals surface area contributed by atoms with Crippen LogP contribution in [-0.4, -0.2) is 16.0 Å². The van der Waals surface area contributed by atoms with Gasteiger partial charge in [0.15, 0.2) is 0 Å². The Morgan fingerprint density at radius 3 is 2.67 bits per heavy atom. The van der Waals surface area contributed by atoms with E-state index in [1.807, 2.05) is 53.3 Å². The molecule has 0 aliphatic rings. The summed E-state index contributed by atoms with van der Waals surface area (Å²) in [6, 6.07) is 14.1. The summed E-state index contributed by atoms with van der Waals surface area (Å²) in [5, 5.41) is 7.57. The highest BCUT2D eigenvalue weighted by atomic mass is 32.2. The van der Waals surface area contributed by atoms with Crippen molar-refractivity contribution in [3.8, 4) is 5.69 Å². The van der Waals surface area contributed by atoms with Gasteiger partial charge in [-0.25, -0.2) is 4.68 Å². The molecule has 0 aliphatic carbocycles. The Morgan fingerprint density at radius 2 is 1.95 bits per heavy atom. The Bertz CT molecular complexity index is 674. The van der Waals surface area contributed by atoms with E-state index in [1.54, 1.807) is 18.0 Å². The molecule has 0 fully saturated rings. The predicted molar refractivity (Wildman–Crippen MR) is 86.8 cm³/mol. The van der Waals surface area contributed by atoms with E-state index in [2.05, 4.69) is 16.7 Å². The minimum atomic E-state index is 0.690. The minimum absolute atomic E-state index is 0.690. The summed E-state index contributed by atoms with van der Waals surface area (Å²) in [7, 11) is 0. The van der Waals surface area contributed by atoms with Crippen LogP contribution in [0.1, 0.15) is 11.5 Å². The Balaban J connectivity index is 1.60. The molecule has 0 bridgehead atoms. The second-order valence-electron chi connectivity index (χ2n) is 4.65. The predicted octanol–water partition coefficient (Wildman–Crippen LogP) is 3.94. The number of benzene rings is 1. The van der Waals surface area contributed by atoms with Crippen LogP contribution in [0.25, 0.3) is 5.69 Å². The maximum atomic E-state index is 5.73. The number of furan rings is 1. The second kappa shape index (κ2) is 6.54. The Labute approximate surface area is 128 Å². The average Bonchev–Trinajstić information content (AvgIpc) is 3.18. The molecule has 108 valence electrons. The van der Waals surface area contributed by atoms with Crippen molar-refractivity contribution in [1.29, 1.82) is 0 Å². The highest BCUT2D eigenvalue weighted by Crippen LogP contribution is 2.16. The first kappa shape index (κ1) is 13.8. The molecule has 0 atom stereocenters. The third-order valence-corrected chi connectivity index (χ3v) is 3.68. The first-order valence-corrected chi connectivity index (χ1v) is 8.15. The second-order valence-corrected chi connectivity index (χ2v) is 5.52.